The maximum Gasteiger partial charge on any atom is 0.338 e. The Balaban J connectivity index is 1.31. The monoisotopic (exact) mass is 495 g/mol. The van der Waals surface area contributed by atoms with E-state index < -0.39 is 16.0 Å². The molecular weight excluding hydrogens is 474 g/mol. The molecule has 34 heavy (non-hydrogen) atoms. The van der Waals surface area contributed by atoms with Crippen molar-refractivity contribution in [2.45, 2.75) is 31.3 Å². The minimum Gasteiger partial charge on any atom is -0.456 e. The van der Waals surface area contributed by atoms with Gasteiger partial charge in [0.25, 0.3) is 15.6 Å². The number of carbonyl (C=O) groups excluding carboxylic acids is 1. The molecule has 0 atom stereocenters. The lowest BCUT2D eigenvalue weighted by Crippen LogP contribution is -2.35. The number of carbonyl (C=O) groups is 1. The predicted molar refractivity (Wildman–Crippen MR) is 129 cm³/mol. The van der Waals surface area contributed by atoms with Crippen molar-refractivity contribution in [1.29, 1.82) is 0 Å². The molecule has 4 aromatic rings. The topological polar surface area (TPSA) is 98.0 Å². The zero-order chi connectivity index (χ0) is 23.9. The maximum atomic E-state index is 13.3. The molecule has 0 amide bonds. The number of esters is 1. The highest BCUT2D eigenvalue weighted by molar-refractivity contribution is 7.92. The van der Waals surface area contributed by atoms with Crippen LogP contribution in [0.1, 0.15) is 33.7 Å². The van der Waals surface area contributed by atoms with Crippen molar-refractivity contribution in [2.24, 2.45) is 0 Å². The van der Waals surface area contributed by atoms with Crippen molar-refractivity contribution in [3.8, 4) is 0 Å². The molecule has 0 N–H and O–H groups in total. The molecule has 8 nitrogen and oxygen atoms in total. The number of ether oxygens (including phenoxy) is 1. The highest BCUT2D eigenvalue weighted by atomic mass is 32.2. The molecule has 1 aliphatic rings. The van der Waals surface area contributed by atoms with Crippen LogP contribution in [0.25, 0.3) is 4.96 Å². The summed E-state index contributed by atoms with van der Waals surface area (Å²) in [6.07, 6.45) is 1.59. The summed E-state index contributed by atoms with van der Waals surface area (Å²) in [6.45, 7) is 2.07. The van der Waals surface area contributed by atoms with E-state index >= 15 is 0 Å². The number of rotatable bonds is 5. The van der Waals surface area contributed by atoms with E-state index in [1.165, 1.54) is 50.4 Å². The van der Waals surface area contributed by atoms with Crippen molar-refractivity contribution < 1.29 is 17.9 Å². The largest absolute Gasteiger partial charge is 0.456 e. The predicted octanol–water partition coefficient (Wildman–Crippen LogP) is 3.56. The fourth-order valence-corrected chi connectivity index (χ4v) is 6.47. The Bertz CT molecular complexity index is 1560. The fraction of sp³-hybridized carbons (Fsp3) is 0.208. The molecule has 0 radical (unpaired) electrons. The summed E-state index contributed by atoms with van der Waals surface area (Å²) in [7, 11) is -3.76. The lowest BCUT2D eigenvalue weighted by atomic mass is 10.0. The molecule has 2 aromatic heterocycles. The van der Waals surface area contributed by atoms with E-state index in [4.69, 9.17) is 4.74 Å². The standard InChI is InChI=1S/C24H21N3O5S2/c1-16-15-33-24-25-19(13-22(28)27(16)24)14-32-23(29)18-8-10-20(11-9-18)34(30,31)26-12-4-6-17-5-2-3-7-21(17)26/h2-3,5,7-11,13,15H,4,6,12,14H2,1H3. The molecule has 0 saturated carbocycles. The van der Waals surface area contributed by atoms with E-state index in [0.717, 1.165) is 24.1 Å². The van der Waals surface area contributed by atoms with Gasteiger partial charge in [0.1, 0.15) is 6.61 Å². The van der Waals surface area contributed by atoms with Gasteiger partial charge in [0, 0.05) is 23.7 Å². The summed E-state index contributed by atoms with van der Waals surface area (Å²) in [4.78, 5) is 29.8. The summed E-state index contributed by atoms with van der Waals surface area (Å²) < 4.78 is 34.7. The van der Waals surface area contributed by atoms with Gasteiger partial charge in [-0.05, 0) is 55.7 Å². The van der Waals surface area contributed by atoms with Crippen molar-refractivity contribution in [1.82, 2.24) is 9.38 Å². The first-order valence-electron chi connectivity index (χ1n) is 10.7. The number of aryl methyl sites for hydroxylation is 2. The van der Waals surface area contributed by atoms with Crippen LogP contribution in [0.15, 0.2) is 69.7 Å². The van der Waals surface area contributed by atoms with Crippen LogP contribution in [0.2, 0.25) is 0 Å². The second-order valence-electron chi connectivity index (χ2n) is 7.99. The first kappa shape index (κ1) is 22.3. The molecule has 0 aliphatic carbocycles. The summed E-state index contributed by atoms with van der Waals surface area (Å²) in [5, 5.41) is 1.83. The summed E-state index contributed by atoms with van der Waals surface area (Å²) in [5.74, 6) is -0.628. The van der Waals surface area contributed by atoms with Crippen LogP contribution >= 0.6 is 11.3 Å². The van der Waals surface area contributed by atoms with Gasteiger partial charge < -0.3 is 4.74 Å². The van der Waals surface area contributed by atoms with Gasteiger partial charge in [-0.25, -0.2) is 18.2 Å². The van der Waals surface area contributed by atoms with Gasteiger partial charge in [-0.2, -0.15) is 0 Å². The Labute approximate surface area is 200 Å². The second kappa shape index (κ2) is 8.69. The van der Waals surface area contributed by atoms with Crippen LogP contribution in [0.5, 0.6) is 0 Å². The highest BCUT2D eigenvalue weighted by Crippen LogP contribution is 2.31. The minimum atomic E-state index is -3.76. The summed E-state index contributed by atoms with van der Waals surface area (Å²) in [5.41, 5.74) is 2.82. The molecule has 10 heteroatoms. The summed E-state index contributed by atoms with van der Waals surface area (Å²) >= 11 is 1.33. The number of para-hydroxylation sites is 1. The van der Waals surface area contributed by atoms with E-state index in [0.29, 0.717) is 22.9 Å². The molecule has 0 unspecified atom stereocenters. The number of fused-ring (bicyclic) bond motifs is 2. The molecule has 2 aromatic carbocycles. The zero-order valence-electron chi connectivity index (χ0n) is 18.3. The molecule has 174 valence electrons. The second-order valence-corrected chi connectivity index (χ2v) is 10.7. The van der Waals surface area contributed by atoms with Crippen LogP contribution in [-0.2, 0) is 27.8 Å². The Morgan fingerprint density at radius 3 is 2.71 bits per heavy atom. The lowest BCUT2D eigenvalue weighted by Gasteiger charge is -2.30. The fourth-order valence-electron chi connectivity index (χ4n) is 4.04. The molecular formula is C24H21N3O5S2. The first-order chi connectivity index (χ1) is 16.3. The molecule has 1 aliphatic heterocycles. The maximum absolute atomic E-state index is 13.3. The van der Waals surface area contributed by atoms with E-state index in [2.05, 4.69) is 4.98 Å². The third-order valence-electron chi connectivity index (χ3n) is 5.73. The molecule has 0 bridgehead atoms. The number of nitrogens with zero attached hydrogens (tertiary/aromatic N) is 3. The molecule has 5 rings (SSSR count). The quantitative estimate of drug-likeness (QED) is 0.393. The van der Waals surface area contributed by atoms with Crippen LogP contribution in [0.4, 0.5) is 5.69 Å². The highest BCUT2D eigenvalue weighted by Gasteiger charge is 2.29. The van der Waals surface area contributed by atoms with Gasteiger partial charge in [0.2, 0.25) is 0 Å². The third-order valence-corrected chi connectivity index (χ3v) is 8.50. The van der Waals surface area contributed by atoms with Crippen molar-refractivity contribution in [2.75, 3.05) is 10.8 Å². The van der Waals surface area contributed by atoms with Crippen LogP contribution in [0, 0.1) is 6.92 Å². The Morgan fingerprint density at radius 2 is 1.91 bits per heavy atom. The van der Waals surface area contributed by atoms with Crippen molar-refractivity contribution in [3.63, 3.8) is 0 Å². The number of hydrogen-bond donors (Lipinski definition) is 0. The van der Waals surface area contributed by atoms with Gasteiger partial charge in [0.05, 0.1) is 21.8 Å². The molecule has 3 heterocycles. The third kappa shape index (κ3) is 3.99. The first-order valence-corrected chi connectivity index (χ1v) is 13.0. The van der Waals surface area contributed by atoms with E-state index in [1.807, 2.05) is 36.6 Å². The molecule has 0 saturated heterocycles. The Morgan fingerprint density at radius 1 is 1.15 bits per heavy atom. The van der Waals surface area contributed by atoms with Crippen LogP contribution < -0.4 is 9.86 Å². The number of hydrogen-bond acceptors (Lipinski definition) is 7. The van der Waals surface area contributed by atoms with Crippen LogP contribution in [-0.4, -0.2) is 30.3 Å². The van der Waals surface area contributed by atoms with Gasteiger partial charge >= 0.3 is 5.97 Å². The van der Waals surface area contributed by atoms with Crippen LogP contribution in [0.3, 0.4) is 0 Å². The van der Waals surface area contributed by atoms with Crippen molar-refractivity contribution >= 4 is 38.0 Å². The molecule has 0 spiro atoms. The average molecular weight is 496 g/mol. The zero-order valence-corrected chi connectivity index (χ0v) is 19.9. The van der Waals surface area contributed by atoms with Gasteiger partial charge in [-0.15, -0.1) is 11.3 Å². The van der Waals surface area contributed by atoms with E-state index in [-0.39, 0.29) is 22.6 Å². The van der Waals surface area contributed by atoms with E-state index in [1.54, 1.807) is 0 Å². The Hall–Kier alpha value is -3.50. The SMILES string of the molecule is Cc1csc2nc(COC(=O)c3ccc(S(=O)(=O)N4CCCc5ccccc54)cc3)cc(=O)n12. The number of anilines is 1. The number of sulfonamides is 1. The average Bonchev–Trinajstić information content (AvgIpc) is 3.23. The Kier molecular flexibility index (Phi) is 5.70. The van der Waals surface area contributed by atoms with Gasteiger partial charge in [-0.1, -0.05) is 18.2 Å². The molecule has 0 fully saturated rings. The number of thiazole rings is 1. The minimum absolute atomic E-state index is 0.106. The summed E-state index contributed by atoms with van der Waals surface area (Å²) in [6, 6.07) is 14.5. The smallest absolute Gasteiger partial charge is 0.338 e. The number of benzene rings is 2. The van der Waals surface area contributed by atoms with Crippen molar-refractivity contribution in [3.05, 3.63) is 92.8 Å². The van der Waals surface area contributed by atoms with E-state index in [9.17, 15) is 18.0 Å². The lowest BCUT2D eigenvalue weighted by molar-refractivity contribution is 0.0467. The normalized spacial score (nSPS) is 13.6. The van der Waals surface area contributed by atoms with Gasteiger partial charge in [-0.3, -0.25) is 13.5 Å². The van der Waals surface area contributed by atoms with Gasteiger partial charge in [0.15, 0.2) is 4.96 Å². The number of aromatic nitrogens is 2.